The number of rotatable bonds is 6. The second-order valence-corrected chi connectivity index (χ2v) is 8.38. The van der Waals surface area contributed by atoms with Gasteiger partial charge in [-0.25, -0.2) is 9.79 Å². The van der Waals surface area contributed by atoms with Crippen LogP contribution in [0, 0.1) is 0 Å². The van der Waals surface area contributed by atoms with E-state index in [2.05, 4.69) is 4.99 Å². The first-order chi connectivity index (χ1) is 16.0. The van der Waals surface area contributed by atoms with Crippen molar-refractivity contribution in [2.45, 2.75) is 19.9 Å². The van der Waals surface area contributed by atoms with Gasteiger partial charge in [0.2, 0.25) is 0 Å². The third-order valence-corrected chi connectivity index (χ3v) is 6.29. The number of allylic oxidation sites excluding steroid dienone is 2. The van der Waals surface area contributed by atoms with Gasteiger partial charge < -0.3 is 9.47 Å². The number of aromatic nitrogens is 1. The van der Waals surface area contributed by atoms with Gasteiger partial charge in [0.1, 0.15) is 5.75 Å². The molecule has 0 saturated heterocycles. The zero-order chi connectivity index (χ0) is 23.4. The van der Waals surface area contributed by atoms with E-state index in [1.807, 2.05) is 66.7 Å². The molecule has 0 spiro atoms. The average molecular weight is 461 g/mol. The van der Waals surface area contributed by atoms with Crippen LogP contribution in [0.1, 0.15) is 31.0 Å². The van der Waals surface area contributed by atoms with Crippen molar-refractivity contribution >= 4 is 29.5 Å². The van der Waals surface area contributed by atoms with Crippen LogP contribution in [0.15, 0.2) is 81.7 Å². The number of carbonyl (C=O) groups excluding carboxylic acids is 1. The Labute approximate surface area is 195 Å². The molecular weight excluding hydrogens is 436 g/mol. The lowest BCUT2D eigenvalue weighted by atomic mass is 9.96. The molecule has 1 aliphatic rings. The van der Waals surface area contributed by atoms with Gasteiger partial charge in [-0.15, -0.1) is 0 Å². The predicted molar refractivity (Wildman–Crippen MR) is 130 cm³/mol. The van der Waals surface area contributed by atoms with Crippen LogP contribution in [0.4, 0.5) is 0 Å². The van der Waals surface area contributed by atoms with Gasteiger partial charge >= 0.3 is 5.97 Å². The Morgan fingerprint density at radius 2 is 1.88 bits per heavy atom. The van der Waals surface area contributed by atoms with E-state index in [9.17, 15) is 9.59 Å². The molecular formula is C26H24N2O4S. The van der Waals surface area contributed by atoms with E-state index in [1.165, 1.54) is 11.3 Å². The third kappa shape index (κ3) is 4.59. The Bertz CT molecular complexity index is 1400. The number of carbonyl (C=O) groups is 1. The molecule has 0 saturated carbocycles. The first-order valence-corrected chi connectivity index (χ1v) is 11.4. The van der Waals surface area contributed by atoms with Crippen LogP contribution in [0.3, 0.4) is 0 Å². The molecule has 0 bridgehead atoms. The van der Waals surface area contributed by atoms with E-state index in [0.717, 1.165) is 11.1 Å². The molecule has 6 nitrogen and oxygen atoms in total. The molecule has 0 aliphatic carbocycles. The summed E-state index contributed by atoms with van der Waals surface area (Å²) in [6, 6.07) is 16.6. The highest BCUT2D eigenvalue weighted by molar-refractivity contribution is 7.07. The predicted octanol–water partition coefficient (Wildman–Crippen LogP) is 3.47. The molecule has 1 atom stereocenters. The summed E-state index contributed by atoms with van der Waals surface area (Å²) < 4.78 is 12.7. The second kappa shape index (κ2) is 9.83. The molecule has 168 valence electrons. The third-order valence-electron chi connectivity index (χ3n) is 5.28. The fourth-order valence-electron chi connectivity index (χ4n) is 3.72. The molecule has 0 fully saturated rings. The standard InChI is InChI=1S/C26H24N2O4S/c1-4-32-25(30)22-17(2)27-26-28(23(22)19-13-15-20(31-3)16-14-19)24(29)21(33-26)12-8-11-18-9-6-5-7-10-18/h5-16,23H,4H2,1-3H3/b11-8+,21-12-. The number of thiazole rings is 1. The van der Waals surface area contributed by atoms with Crippen LogP contribution in [-0.4, -0.2) is 24.3 Å². The minimum atomic E-state index is -0.633. The highest BCUT2D eigenvalue weighted by Crippen LogP contribution is 2.31. The SMILES string of the molecule is CCOC(=O)C1=C(C)N=c2s/c(=C\C=C\c3ccccc3)c(=O)n2C1c1ccc(OC)cc1. The average Bonchev–Trinajstić information content (AvgIpc) is 3.13. The zero-order valence-corrected chi connectivity index (χ0v) is 19.5. The molecule has 1 aliphatic heterocycles. The molecule has 3 aromatic rings. The number of ether oxygens (including phenoxy) is 2. The smallest absolute Gasteiger partial charge is 0.338 e. The van der Waals surface area contributed by atoms with E-state index in [1.54, 1.807) is 31.6 Å². The van der Waals surface area contributed by atoms with Gasteiger partial charge in [-0.3, -0.25) is 9.36 Å². The topological polar surface area (TPSA) is 69.9 Å². The lowest BCUT2D eigenvalue weighted by molar-refractivity contribution is -0.139. The number of benzene rings is 2. The highest BCUT2D eigenvalue weighted by Gasteiger charge is 2.33. The number of methoxy groups -OCH3 is 1. The number of fused-ring (bicyclic) bond motifs is 1. The zero-order valence-electron chi connectivity index (χ0n) is 18.6. The monoisotopic (exact) mass is 460 g/mol. The van der Waals surface area contributed by atoms with Crippen LogP contribution >= 0.6 is 11.3 Å². The molecule has 1 unspecified atom stereocenters. The van der Waals surface area contributed by atoms with Crippen molar-refractivity contribution in [3.63, 3.8) is 0 Å². The maximum atomic E-state index is 13.4. The Morgan fingerprint density at radius 3 is 2.55 bits per heavy atom. The van der Waals surface area contributed by atoms with Crippen molar-refractivity contribution in [3.8, 4) is 5.75 Å². The van der Waals surface area contributed by atoms with Crippen LogP contribution in [0.2, 0.25) is 0 Å². The van der Waals surface area contributed by atoms with Gasteiger partial charge in [-0.05, 0) is 43.2 Å². The fourth-order valence-corrected chi connectivity index (χ4v) is 4.72. The normalized spacial score (nSPS) is 16.0. The Morgan fingerprint density at radius 1 is 1.15 bits per heavy atom. The Kier molecular flexibility index (Phi) is 6.70. The van der Waals surface area contributed by atoms with Gasteiger partial charge in [-0.2, -0.15) is 0 Å². The van der Waals surface area contributed by atoms with E-state index in [4.69, 9.17) is 9.47 Å². The van der Waals surface area contributed by atoms with E-state index in [-0.39, 0.29) is 12.2 Å². The Balaban J connectivity index is 1.85. The molecule has 0 amide bonds. The number of nitrogens with zero attached hydrogens (tertiary/aromatic N) is 2. The van der Waals surface area contributed by atoms with Gasteiger partial charge in [-0.1, -0.05) is 66.0 Å². The summed E-state index contributed by atoms with van der Waals surface area (Å²) in [7, 11) is 1.59. The first kappa shape index (κ1) is 22.5. The maximum absolute atomic E-state index is 13.4. The second-order valence-electron chi connectivity index (χ2n) is 7.37. The van der Waals surface area contributed by atoms with Gasteiger partial charge in [0.15, 0.2) is 4.80 Å². The minimum Gasteiger partial charge on any atom is -0.497 e. The van der Waals surface area contributed by atoms with E-state index in [0.29, 0.717) is 26.4 Å². The van der Waals surface area contributed by atoms with E-state index >= 15 is 0 Å². The lowest BCUT2D eigenvalue weighted by Crippen LogP contribution is -2.39. The summed E-state index contributed by atoms with van der Waals surface area (Å²) in [5, 5.41) is 0. The largest absolute Gasteiger partial charge is 0.497 e. The maximum Gasteiger partial charge on any atom is 0.338 e. The van der Waals surface area contributed by atoms with Crippen LogP contribution in [0.25, 0.3) is 12.2 Å². The van der Waals surface area contributed by atoms with E-state index < -0.39 is 12.0 Å². The lowest BCUT2D eigenvalue weighted by Gasteiger charge is -2.24. The summed E-state index contributed by atoms with van der Waals surface area (Å²) in [4.78, 5) is 31.4. The quantitative estimate of drug-likeness (QED) is 0.528. The summed E-state index contributed by atoms with van der Waals surface area (Å²) in [5.74, 6) is 0.216. The number of hydrogen-bond acceptors (Lipinski definition) is 6. The summed E-state index contributed by atoms with van der Waals surface area (Å²) in [5.41, 5.74) is 2.52. The van der Waals surface area contributed by atoms with Crippen molar-refractivity contribution in [1.29, 1.82) is 0 Å². The fraction of sp³-hybridized carbons (Fsp3) is 0.192. The van der Waals surface area contributed by atoms with Crippen LogP contribution < -0.4 is 19.6 Å². The molecule has 33 heavy (non-hydrogen) atoms. The number of esters is 1. The number of hydrogen-bond donors (Lipinski definition) is 0. The van der Waals surface area contributed by atoms with Crippen molar-refractivity contribution < 1.29 is 14.3 Å². The molecule has 0 radical (unpaired) electrons. The van der Waals surface area contributed by atoms with Crippen molar-refractivity contribution in [3.05, 3.63) is 103 Å². The summed E-state index contributed by atoms with van der Waals surface area (Å²) in [6.07, 6.45) is 5.57. The van der Waals surface area contributed by atoms with Gasteiger partial charge in [0.25, 0.3) is 5.56 Å². The minimum absolute atomic E-state index is 0.202. The first-order valence-electron chi connectivity index (χ1n) is 10.6. The van der Waals surface area contributed by atoms with Gasteiger partial charge in [0, 0.05) is 0 Å². The van der Waals surface area contributed by atoms with Crippen molar-refractivity contribution in [2.24, 2.45) is 4.99 Å². The van der Waals surface area contributed by atoms with Crippen LogP contribution in [-0.2, 0) is 9.53 Å². The highest BCUT2D eigenvalue weighted by atomic mass is 32.1. The molecule has 2 heterocycles. The summed E-state index contributed by atoms with van der Waals surface area (Å²) in [6.45, 7) is 3.76. The molecule has 7 heteroatoms. The Hall–Kier alpha value is -3.71. The van der Waals surface area contributed by atoms with Gasteiger partial charge in [0.05, 0.1) is 35.6 Å². The van der Waals surface area contributed by atoms with Crippen LogP contribution in [0.5, 0.6) is 5.75 Å². The molecule has 4 rings (SSSR count). The summed E-state index contributed by atoms with van der Waals surface area (Å²) >= 11 is 1.30. The molecule has 1 aromatic heterocycles. The van der Waals surface area contributed by atoms with Crippen molar-refractivity contribution in [2.75, 3.05) is 13.7 Å². The van der Waals surface area contributed by atoms with Crippen molar-refractivity contribution in [1.82, 2.24) is 4.57 Å². The molecule has 0 N–H and O–H groups in total. The molecule has 2 aromatic carbocycles.